The van der Waals surface area contributed by atoms with Gasteiger partial charge < -0.3 is 20.5 Å². The van der Waals surface area contributed by atoms with E-state index in [9.17, 15) is 9.59 Å². The van der Waals surface area contributed by atoms with Crippen LogP contribution in [0.5, 0.6) is 5.75 Å². The Morgan fingerprint density at radius 2 is 1.90 bits per heavy atom. The number of rotatable bonds is 5. The molecule has 1 atom stereocenters. The van der Waals surface area contributed by atoms with Crippen LogP contribution in [0.1, 0.15) is 64.0 Å². The first kappa shape index (κ1) is 21.6. The lowest BCUT2D eigenvalue weighted by atomic mass is 9.72. The Morgan fingerprint density at radius 1 is 1.21 bits per heavy atom. The molecule has 1 unspecified atom stereocenters. The molecule has 160 valence electrons. The minimum Gasteiger partial charge on any atom is -0.490 e. The summed E-state index contributed by atoms with van der Waals surface area (Å²) in [4.78, 5) is 24.8. The number of fused-ring (bicyclic) bond motifs is 1. The summed E-state index contributed by atoms with van der Waals surface area (Å²) in [7, 11) is 0. The zero-order valence-electron chi connectivity index (χ0n) is 17.8. The van der Waals surface area contributed by atoms with Crippen LogP contribution in [-0.4, -0.2) is 40.6 Å². The maximum absolute atomic E-state index is 12.4. The van der Waals surface area contributed by atoms with Gasteiger partial charge in [-0.15, -0.1) is 0 Å². The summed E-state index contributed by atoms with van der Waals surface area (Å²) in [6, 6.07) is 5.12. The number of hydrogen-bond acceptors (Lipinski definition) is 4. The van der Waals surface area contributed by atoms with Gasteiger partial charge in [-0.1, -0.05) is 26.8 Å². The molecule has 0 bridgehead atoms. The Hall–Kier alpha value is -2.08. The molecule has 0 spiro atoms. The van der Waals surface area contributed by atoms with Crippen LogP contribution in [-0.2, 0) is 22.6 Å². The average molecular weight is 403 g/mol. The molecule has 6 nitrogen and oxygen atoms in total. The quantitative estimate of drug-likeness (QED) is 0.788. The largest absolute Gasteiger partial charge is 0.490 e. The van der Waals surface area contributed by atoms with Crippen LogP contribution in [0.3, 0.4) is 0 Å². The van der Waals surface area contributed by atoms with E-state index in [1.54, 1.807) is 4.90 Å². The number of benzene rings is 1. The van der Waals surface area contributed by atoms with Gasteiger partial charge in [-0.05, 0) is 66.7 Å². The van der Waals surface area contributed by atoms with Crippen LogP contribution in [0, 0.1) is 11.3 Å². The van der Waals surface area contributed by atoms with Crippen molar-refractivity contribution in [1.82, 2.24) is 4.90 Å². The Morgan fingerprint density at radius 3 is 2.52 bits per heavy atom. The van der Waals surface area contributed by atoms with Gasteiger partial charge in [0.05, 0.1) is 18.6 Å². The number of aliphatic carboxylic acids is 1. The zero-order chi connectivity index (χ0) is 21.2. The summed E-state index contributed by atoms with van der Waals surface area (Å²) in [6.45, 7) is 8.00. The summed E-state index contributed by atoms with van der Waals surface area (Å²) in [6.07, 6.45) is 5.30. The predicted octanol–water partition coefficient (Wildman–Crippen LogP) is 3.36. The van der Waals surface area contributed by atoms with E-state index in [1.165, 1.54) is 18.4 Å². The first-order chi connectivity index (χ1) is 13.6. The monoisotopic (exact) mass is 402 g/mol. The van der Waals surface area contributed by atoms with Crippen LogP contribution in [0.25, 0.3) is 0 Å². The van der Waals surface area contributed by atoms with E-state index in [4.69, 9.17) is 15.6 Å². The lowest BCUT2D eigenvalue weighted by molar-refractivity contribution is -0.142. The molecular formula is C23H34N2O4. The maximum atomic E-state index is 12.4. The summed E-state index contributed by atoms with van der Waals surface area (Å²) in [5.41, 5.74) is 8.39. The number of carbonyl (C=O) groups excluding carboxylic acids is 1. The molecule has 2 aliphatic rings. The third-order valence-corrected chi connectivity index (χ3v) is 6.42. The van der Waals surface area contributed by atoms with E-state index in [0.29, 0.717) is 18.5 Å². The van der Waals surface area contributed by atoms with Crippen LogP contribution in [0.4, 0.5) is 0 Å². The van der Waals surface area contributed by atoms with Crippen LogP contribution in [0.2, 0.25) is 0 Å². The summed E-state index contributed by atoms with van der Waals surface area (Å²) in [5, 5.41) is 8.84. The SMILES string of the molecule is CC(C)(C)C1CCC(Oc2ccc3c(c2)CCN(C(=O)C(N)CC(=O)O)C3)CC1. The number of amides is 1. The van der Waals surface area contributed by atoms with Crippen molar-refractivity contribution in [3.8, 4) is 5.75 Å². The highest BCUT2D eigenvalue weighted by Crippen LogP contribution is 2.39. The molecule has 0 saturated heterocycles. The molecule has 1 amide bonds. The molecule has 29 heavy (non-hydrogen) atoms. The molecule has 1 saturated carbocycles. The van der Waals surface area contributed by atoms with Gasteiger partial charge in [0.1, 0.15) is 5.75 Å². The van der Waals surface area contributed by atoms with Crippen LogP contribution in [0.15, 0.2) is 18.2 Å². The first-order valence-electron chi connectivity index (χ1n) is 10.7. The fourth-order valence-electron chi connectivity index (χ4n) is 4.54. The Labute approximate surface area is 173 Å². The third kappa shape index (κ3) is 5.50. The molecule has 3 rings (SSSR count). The minimum absolute atomic E-state index is 0.280. The molecule has 3 N–H and O–H groups in total. The number of nitrogens with two attached hydrogens (primary N) is 1. The van der Waals surface area contributed by atoms with Gasteiger partial charge in [-0.3, -0.25) is 9.59 Å². The standard InChI is InChI=1S/C23H34N2O4/c1-23(2,3)17-5-8-18(9-6-17)29-19-7-4-16-14-25(11-10-15(16)12-19)22(28)20(24)13-21(26)27/h4,7,12,17-18,20H,5-6,8-11,13-14,24H2,1-3H3,(H,26,27). The Bertz CT molecular complexity index is 748. The van der Waals surface area contributed by atoms with Gasteiger partial charge in [0.2, 0.25) is 5.91 Å². The molecule has 6 heteroatoms. The molecule has 1 aliphatic carbocycles. The van der Waals surface area contributed by atoms with E-state index >= 15 is 0 Å². The van der Waals surface area contributed by atoms with Gasteiger partial charge >= 0.3 is 5.97 Å². The first-order valence-corrected chi connectivity index (χ1v) is 10.7. The van der Waals surface area contributed by atoms with E-state index in [0.717, 1.165) is 36.5 Å². The topological polar surface area (TPSA) is 92.9 Å². The van der Waals surface area contributed by atoms with E-state index < -0.39 is 12.0 Å². The van der Waals surface area contributed by atoms with Gasteiger partial charge in [0, 0.05) is 13.1 Å². The van der Waals surface area contributed by atoms with Crippen molar-refractivity contribution in [1.29, 1.82) is 0 Å². The van der Waals surface area contributed by atoms with Crippen molar-refractivity contribution in [2.45, 2.75) is 78.0 Å². The lowest BCUT2D eigenvalue weighted by Crippen LogP contribution is -2.46. The van der Waals surface area contributed by atoms with Crippen molar-refractivity contribution < 1.29 is 19.4 Å². The normalized spacial score (nSPS) is 23.2. The van der Waals surface area contributed by atoms with Crippen molar-refractivity contribution >= 4 is 11.9 Å². The molecule has 1 fully saturated rings. The highest BCUT2D eigenvalue weighted by Gasteiger charge is 2.31. The predicted molar refractivity (Wildman–Crippen MR) is 112 cm³/mol. The molecular weight excluding hydrogens is 368 g/mol. The Kier molecular flexibility index (Phi) is 6.52. The zero-order valence-corrected chi connectivity index (χ0v) is 17.8. The molecule has 0 aromatic heterocycles. The third-order valence-electron chi connectivity index (χ3n) is 6.42. The van der Waals surface area contributed by atoms with Crippen molar-refractivity contribution in [3.05, 3.63) is 29.3 Å². The van der Waals surface area contributed by atoms with Crippen molar-refractivity contribution in [2.24, 2.45) is 17.1 Å². The highest BCUT2D eigenvalue weighted by atomic mass is 16.5. The second-order valence-electron chi connectivity index (χ2n) is 9.60. The fourth-order valence-corrected chi connectivity index (χ4v) is 4.54. The average Bonchev–Trinajstić information content (AvgIpc) is 2.66. The molecule has 1 aliphatic heterocycles. The summed E-state index contributed by atoms with van der Waals surface area (Å²) < 4.78 is 6.27. The van der Waals surface area contributed by atoms with Gasteiger partial charge in [-0.2, -0.15) is 0 Å². The van der Waals surface area contributed by atoms with Gasteiger partial charge in [0.25, 0.3) is 0 Å². The number of ether oxygens (including phenoxy) is 1. The number of carbonyl (C=O) groups is 2. The minimum atomic E-state index is -1.05. The van der Waals surface area contributed by atoms with Gasteiger partial charge in [0.15, 0.2) is 0 Å². The highest BCUT2D eigenvalue weighted by molar-refractivity contribution is 5.86. The fraction of sp³-hybridized carbons (Fsp3) is 0.652. The molecule has 1 aromatic carbocycles. The van der Waals surface area contributed by atoms with Crippen molar-refractivity contribution in [3.63, 3.8) is 0 Å². The smallest absolute Gasteiger partial charge is 0.305 e. The molecule has 1 heterocycles. The van der Waals surface area contributed by atoms with E-state index in [-0.39, 0.29) is 18.4 Å². The second-order valence-corrected chi connectivity index (χ2v) is 9.60. The second kappa shape index (κ2) is 8.74. The lowest BCUT2D eigenvalue weighted by Gasteiger charge is -2.37. The van der Waals surface area contributed by atoms with Crippen molar-refractivity contribution in [2.75, 3.05) is 6.54 Å². The number of carboxylic acid groups (broad SMARTS) is 1. The van der Waals surface area contributed by atoms with E-state index in [1.807, 2.05) is 12.1 Å². The molecule has 0 radical (unpaired) electrons. The van der Waals surface area contributed by atoms with Crippen LogP contribution < -0.4 is 10.5 Å². The summed E-state index contributed by atoms with van der Waals surface area (Å²) in [5.74, 6) is 0.322. The molecule has 1 aromatic rings. The van der Waals surface area contributed by atoms with Crippen LogP contribution >= 0.6 is 0 Å². The van der Waals surface area contributed by atoms with Gasteiger partial charge in [-0.25, -0.2) is 0 Å². The van der Waals surface area contributed by atoms with E-state index in [2.05, 4.69) is 26.8 Å². The number of carboxylic acids is 1. The summed E-state index contributed by atoms with van der Waals surface area (Å²) >= 11 is 0. The number of nitrogens with zero attached hydrogens (tertiary/aromatic N) is 1. The number of hydrogen-bond donors (Lipinski definition) is 2. The Balaban J connectivity index is 1.56. The maximum Gasteiger partial charge on any atom is 0.305 e.